The van der Waals surface area contributed by atoms with E-state index < -0.39 is 10.0 Å². The Balaban J connectivity index is 1.80. The number of carbonyl (C=O) groups is 1. The highest BCUT2D eigenvalue weighted by molar-refractivity contribution is 7.89. The normalized spacial score (nSPS) is 21.8. The highest BCUT2D eigenvalue weighted by Crippen LogP contribution is 2.40. The lowest BCUT2D eigenvalue weighted by atomic mass is 10.00. The first-order chi connectivity index (χ1) is 11.1. The second-order valence-corrected chi connectivity index (χ2v) is 8.40. The molecule has 6 heteroatoms. The molecular formula is C17H20N2O3S. The fraction of sp³-hybridized carbons (Fsp3) is 0.471. The molecule has 0 unspecified atom stereocenters. The summed E-state index contributed by atoms with van der Waals surface area (Å²) in [5, 5.41) is 2.87. The molecule has 0 radical (unpaired) electrons. The third kappa shape index (κ3) is 2.40. The number of carbonyl (C=O) groups excluding carboxylic acids is 1. The van der Waals surface area contributed by atoms with Gasteiger partial charge in [-0.3, -0.25) is 4.79 Å². The number of nitrogens with zero attached hydrogens (tertiary/aromatic N) is 1. The molecular weight excluding hydrogens is 312 g/mol. The zero-order chi connectivity index (χ0) is 16.0. The van der Waals surface area contributed by atoms with Gasteiger partial charge in [-0.25, -0.2) is 8.42 Å². The quantitative estimate of drug-likeness (QED) is 0.847. The van der Waals surface area contributed by atoms with Gasteiger partial charge in [-0.05, 0) is 56.7 Å². The molecule has 1 amide bonds. The van der Waals surface area contributed by atoms with Gasteiger partial charge in [0, 0.05) is 29.9 Å². The van der Waals surface area contributed by atoms with Gasteiger partial charge in [0.05, 0.1) is 4.90 Å². The molecule has 0 aromatic heterocycles. The molecule has 2 heterocycles. The minimum atomic E-state index is -3.45. The lowest BCUT2D eigenvalue weighted by Crippen LogP contribution is -2.27. The molecule has 2 fully saturated rings. The standard InChI is InChI=1S/C17H20N2O3S/c20-17-16(12-5-1-2-6-12)14-11-13(7-8-15(14)18-17)23(21,22)19-9-3-4-10-19/h7-8,11H,1-6,9-10H2,(H,18,20). The number of sulfonamides is 1. The smallest absolute Gasteiger partial charge is 0.256 e. The first-order valence-electron chi connectivity index (χ1n) is 8.25. The zero-order valence-electron chi connectivity index (χ0n) is 13.0. The number of nitrogens with one attached hydrogen (secondary N) is 1. The zero-order valence-corrected chi connectivity index (χ0v) is 13.8. The third-order valence-electron chi connectivity index (χ3n) is 5.00. The average molecular weight is 332 g/mol. The Labute approximate surface area is 136 Å². The van der Waals surface area contributed by atoms with Crippen molar-refractivity contribution in [1.29, 1.82) is 0 Å². The van der Waals surface area contributed by atoms with Gasteiger partial charge in [0.15, 0.2) is 0 Å². The Hall–Kier alpha value is -1.66. The third-order valence-corrected chi connectivity index (χ3v) is 6.89. The fourth-order valence-electron chi connectivity index (χ4n) is 3.79. The van der Waals surface area contributed by atoms with Crippen LogP contribution < -0.4 is 5.32 Å². The fourth-order valence-corrected chi connectivity index (χ4v) is 5.33. The van der Waals surface area contributed by atoms with Crippen molar-refractivity contribution in [1.82, 2.24) is 4.31 Å². The molecule has 122 valence electrons. The molecule has 2 aliphatic heterocycles. The molecule has 1 saturated heterocycles. The van der Waals surface area contributed by atoms with Crippen LogP contribution in [0.5, 0.6) is 0 Å². The molecule has 4 rings (SSSR count). The van der Waals surface area contributed by atoms with E-state index in [4.69, 9.17) is 0 Å². The number of benzene rings is 1. The number of fused-ring (bicyclic) bond motifs is 1. The molecule has 1 aromatic carbocycles. The van der Waals surface area contributed by atoms with E-state index in [0.29, 0.717) is 23.6 Å². The topological polar surface area (TPSA) is 66.5 Å². The number of amides is 1. The Morgan fingerprint density at radius 3 is 2.39 bits per heavy atom. The van der Waals surface area contributed by atoms with Crippen molar-refractivity contribution in [3.63, 3.8) is 0 Å². The van der Waals surface area contributed by atoms with E-state index in [2.05, 4.69) is 5.32 Å². The van der Waals surface area contributed by atoms with Gasteiger partial charge in [0.2, 0.25) is 10.0 Å². The van der Waals surface area contributed by atoms with Crippen LogP contribution in [-0.4, -0.2) is 31.7 Å². The summed E-state index contributed by atoms with van der Waals surface area (Å²) in [4.78, 5) is 12.6. The van der Waals surface area contributed by atoms with Crippen molar-refractivity contribution >= 4 is 27.2 Å². The monoisotopic (exact) mass is 332 g/mol. The SMILES string of the molecule is O=C1Nc2ccc(S(=O)(=O)N3CCCC3)cc2C1=C1CCCC1. The lowest BCUT2D eigenvalue weighted by Gasteiger charge is -2.16. The predicted molar refractivity (Wildman–Crippen MR) is 88.5 cm³/mol. The molecule has 0 atom stereocenters. The van der Waals surface area contributed by atoms with Crippen LogP contribution in [0.15, 0.2) is 28.7 Å². The molecule has 5 nitrogen and oxygen atoms in total. The van der Waals surface area contributed by atoms with E-state index in [0.717, 1.165) is 55.3 Å². The van der Waals surface area contributed by atoms with Crippen LogP contribution in [0.1, 0.15) is 44.1 Å². The number of rotatable bonds is 2. The Morgan fingerprint density at radius 1 is 1.00 bits per heavy atom. The van der Waals surface area contributed by atoms with E-state index in [9.17, 15) is 13.2 Å². The van der Waals surface area contributed by atoms with Crippen molar-refractivity contribution in [2.45, 2.75) is 43.4 Å². The first kappa shape index (κ1) is 14.9. The van der Waals surface area contributed by atoms with E-state index in [-0.39, 0.29) is 5.91 Å². The van der Waals surface area contributed by atoms with Crippen LogP contribution in [0.3, 0.4) is 0 Å². The highest BCUT2D eigenvalue weighted by Gasteiger charge is 2.32. The van der Waals surface area contributed by atoms with Crippen LogP contribution in [0, 0.1) is 0 Å². The van der Waals surface area contributed by atoms with E-state index in [1.807, 2.05) is 0 Å². The van der Waals surface area contributed by atoms with Gasteiger partial charge in [-0.15, -0.1) is 0 Å². The maximum atomic E-state index is 12.7. The van der Waals surface area contributed by atoms with Gasteiger partial charge in [-0.1, -0.05) is 5.57 Å². The maximum Gasteiger partial charge on any atom is 0.256 e. The summed E-state index contributed by atoms with van der Waals surface area (Å²) in [6, 6.07) is 5.01. The second-order valence-electron chi connectivity index (χ2n) is 6.46. The second kappa shape index (κ2) is 5.46. The summed E-state index contributed by atoms with van der Waals surface area (Å²) < 4.78 is 27.0. The predicted octanol–water partition coefficient (Wildman–Crippen LogP) is 2.75. The van der Waals surface area contributed by atoms with Crippen molar-refractivity contribution < 1.29 is 13.2 Å². The summed E-state index contributed by atoms with van der Waals surface area (Å²) in [5.41, 5.74) is 3.35. The van der Waals surface area contributed by atoms with Gasteiger partial charge < -0.3 is 5.32 Å². The van der Waals surface area contributed by atoms with E-state index >= 15 is 0 Å². The Morgan fingerprint density at radius 2 is 1.70 bits per heavy atom. The molecule has 3 aliphatic rings. The summed E-state index contributed by atoms with van der Waals surface area (Å²) in [6.45, 7) is 1.18. The van der Waals surface area contributed by atoms with Gasteiger partial charge >= 0.3 is 0 Å². The van der Waals surface area contributed by atoms with Crippen LogP contribution in [0.25, 0.3) is 5.57 Å². The minimum absolute atomic E-state index is 0.0902. The van der Waals surface area contributed by atoms with Crippen molar-refractivity contribution in [3.05, 3.63) is 29.3 Å². The van der Waals surface area contributed by atoms with Crippen LogP contribution in [0.4, 0.5) is 5.69 Å². The average Bonchev–Trinajstić information content (AvgIpc) is 3.26. The number of hydrogen-bond acceptors (Lipinski definition) is 3. The minimum Gasteiger partial charge on any atom is -0.321 e. The lowest BCUT2D eigenvalue weighted by molar-refractivity contribution is -0.110. The molecule has 1 aromatic rings. The van der Waals surface area contributed by atoms with E-state index in [1.54, 1.807) is 22.5 Å². The molecule has 0 spiro atoms. The van der Waals surface area contributed by atoms with Crippen LogP contribution in [-0.2, 0) is 14.8 Å². The number of hydrogen-bond donors (Lipinski definition) is 1. The van der Waals surface area contributed by atoms with Crippen molar-refractivity contribution in [2.24, 2.45) is 0 Å². The Kier molecular flexibility index (Phi) is 3.54. The van der Waals surface area contributed by atoms with Crippen molar-refractivity contribution in [3.8, 4) is 0 Å². The molecule has 1 N–H and O–H groups in total. The van der Waals surface area contributed by atoms with Crippen LogP contribution >= 0.6 is 0 Å². The summed E-state index contributed by atoms with van der Waals surface area (Å²) in [7, 11) is -3.45. The largest absolute Gasteiger partial charge is 0.321 e. The summed E-state index contributed by atoms with van der Waals surface area (Å²) >= 11 is 0. The molecule has 0 bridgehead atoms. The van der Waals surface area contributed by atoms with E-state index in [1.165, 1.54) is 0 Å². The molecule has 1 aliphatic carbocycles. The van der Waals surface area contributed by atoms with Gasteiger partial charge in [0.25, 0.3) is 5.91 Å². The number of allylic oxidation sites excluding steroid dienone is 1. The van der Waals surface area contributed by atoms with Gasteiger partial charge in [0.1, 0.15) is 0 Å². The molecule has 1 saturated carbocycles. The highest BCUT2D eigenvalue weighted by atomic mass is 32.2. The maximum absolute atomic E-state index is 12.7. The summed E-state index contributed by atoms with van der Waals surface area (Å²) in [6.07, 6.45) is 5.91. The van der Waals surface area contributed by atoms with Crippen LogP contribution in [0.2, 0.25) is 0 Å². The first-order valence-corrected chi connectivity index (χ1v) is 9.69. The summed E-state index contributed by atoms with van der Waals surface area (Å²) in [5.74, 6) is -0.0902. The van der Waals surface area contributed by atoms with Gasteiger partial charge in [-0.2, -0.15) is 4.31 Å². The van der Waals surface area contributed by atoms with Crippen molar-refractivity contribution in [2.75, 3.05) is 18.4 Å². The number of anilines is 1. The Bertz CT molecular complexity index is 797. The molecule has 23 heavy (non-hydrogen) atoms.